The zero-order valence-corrected chi connectivity index (χ0v) is 24.7. The molecule has 2 aromatic carbocycles. The van der Waals surface area contributed by atoms with Gasteiger partial charge in [0.25, 0.3) is 0 Å². The number of piperazine rings is 1. The monoisotopic (exact) mass is 587 g/mol. The quantitative estimate of drug-likeness (QED) is 0.419. The van der Waals surface area contributed by atoms with Gasteiger partial charge in [-0.1, -0.05) is 18.2 Å². The number of ether oxygens (including phenoxy) is 4. The molecule has 12 nitrogen and oxygen atoms in total. The zero-order chi connectivity index (χ0) is 30.6. The van der Waals surface area contributed by atoms with E-state index in [1.165, 1.54) is 0 Å². The predicted octanol–water partition coefficient (Wildman–Crippen LogP) is 2.83. The van der Waals surface area contributed by atoms with E-state index in [0.29, 0.717) is 29.8 Å². The van der Waals surface area contributed by atoms with Crippen LogP contribution in [0.25, 0.3) is 0 Å². The molecule has 0 unspecified atom stereocenters. The van der Waals surface area contributed by atoms with Crippen molar-refractivity contribution in [1.82, 2.24) is 9.80 Å². The molecular weight excluding hydrogens is 546 g/mol. The standard InChI is InChI=1S/C28H39N3O5.C2H2O4/c1-5-36-24-9-7-6-8-23(24)30-16-18-31(19-17-30)28(32)21-12-14-29(15-13-21)20-22-10-11-25(33-2)27(35-4)26(22)34-3;3-1(4)2(5)6/h6-11,21H,5,12-20H2,1-4H3;(H,3,4)(H,5,6). The summed E-state index contributed by atoms with van der Waals surface area (Å²) in [6.45, 7) is 8.33. The maximum Gasteiger partial charge on any atom is 0.414 e. The lowest BCUT2D eigenvalue weighted by Crippen LogP contribution is -2.51. The number of aliphatic carboxylic acids is 2. The van der Waals surface area contributed by atoms with Crippen LogP contribution in [0, 0.1) is 5.92 Å². The number of carbonyl (C=O) groups excluding carboxylic acids is 1. The van der Waals surface area contributed by atoms with Crippen molar-refractivity contribution >= 4 is 23.5 Å². The molecule has 2 saturated heterocycles. The van der Waals surface area contributed by atoms with Crippen molar-refractivity contribution in [2.45, 2.75) is 26.3 Å². The second kappa shape index (κ2) is 15.7. The fourth-order valence-electron chi connectivity index (χ4n) is 5.29. The van der Waals surface area contributed by atoms with Crippen molar-refractivity contribution in [2.75, 3.05) is 72.1 Å². The summed E-state index contributed by atoms with van der Waals surface area (Å²) < 4.78 is 22.4. The maximum absolute atomic E-state index is 13.3. The summed E-state index contributed by atoms with van der Waals surface area (Å²) in [5, 5.41) is 14.8. The van der Waals surface area contributed by atoms with E-state index >= 15 is 0 Å². The molecule has 0 atom stereocenters. The summed E-state index contributed by atoms with van der Waals surface area (Å²) in [7, 11) is 4.90. The number of methoxy groups -OCH3 is 3. The van der Waals surface area contributed by atoms with Gasteiger partial charge in [0, 0.05) is 44.2 Å². The lowest BCUT2D eigenvalue weighted by Gasteiger charge is -2.39. The fourth-order valence-corrected chi connectivity index (χ4v) is 5.29. The van der Waals surface area contributed by atoms with E-state index in [9.17, 15) is 4.79 Å². The van der Waals surface area contributed by atoms with Gasteiger partial charge >= 0.3 is 11.9 Å². The summed E-state index contributed by atoms with van der Waals surface area (Å²) >= 11 is 0. The summed E-state index contributed by atoms with van der Waals surface area (Å²) in [6, 6.07) is 12.1. The largest absolute Gasteiger partial charge is 0.493 e. The summed E-state index contributed by atoms with van der Waals surface area (Å²) in [6.07, 6.45) is 1.75. The third-order valence-electron chi connectivity index (χ3n) is 7.40. The molecule has 2 aromatic rings. The first-order valence-electron chi connectivity index (χ1n) is 14.0. The SMILES string of the molecule is CCOc1ccccc1N1CCN(C(=O)C2CCN(Cc3ccc(OC)c(OC)c3OC)CC2)CC1.O=C(O)C(=O)O. The normalized spacial score (nSPS) is 15.7. The molecular formula is C30H41N3O9. The van der Waals surface area contributed by atoms with Crippen LogP contribution in [0.4, 0.5) is 5.69 Å². The Morgan fingerprint density at radius 2 is 1.40 bits per heavy atom. The lowest BCUT2D eigenvalue weighted by atomic mass is 9.94. The Kier molecular flexibility index (Phi) is 12.1. The molecule has 42 heavy (non-hydrogen) atoms. The van der Waals surface area contributed by atoms with Gasteiger partial charge in [0.15, 0.2) is 11.5 Å². The highest BCUT2D eigenvalue weighted by Crippen LogP contribution is 2.40. The molecule has 0 radical (unpaired) electrons. The Hall–Kier alpha value is -4.19. The number of nitrogens with zero attached hydrogens (tertiary/aromatic N) is 3. The summed E-state index contributed by atoms with van der Waals surface area (Å²) in [4.78, 5) is 38.3. The highest BCUT2D eigenvalue weighted by Gasteiger charge is 2.31. The van der Waals surface area contributed by atoms with Crippen LogP contribution in [0.5, 0.6) is 23.0 Å². The van der Waals surface area contributed by atoms with Crippen molar-refractivity contribution in [3.05, 3.63) is 42.0 Å². The first-order valence-corrected chi connectivity index (χ1v) is 14.0. The van der Waals surface area contributed by atoms with Crippen LogP contribution in [-0.4, -0.2) is 105 Å². The van der Waals surface area contributed by atoms with Gasteiger partial charge in [0.05, 0.1) is 33.6 Å². The van der Waals surface area contributed by atoms with Crippen molar-refractivity contribution in [3.8, 4) is 23.0 Å². The van der Waals surface area contributed by atoms with E-state index in [-0.39, 0.29) is 5.92 Å². The molecule has 2 heterocycles. The molecule has 230 valence electrons. The van der Waals surface area contributed by atoms with Gasteiger partial charge in [-0.2, -0.15) is 0 Å². The van der Waals surface area contributed by atoms with Crippen LogP contribution in [0.1, 0.15) is 25.3 Å². The van der Waals surface area contributed by atoms with E-state index in [0.717, 1.165) is 75.7 Å². The van der Waals surface area contributed by atoms with E-state index in [1.807, 2.05) is 37.3 Å². The molecule has 2 fully saturated rings. The molecule has 1 amide bonds. The molecule has 0 saturated carbocycles. The average Bonchev–Trinajstić information content (AvgIpc) is 3.01. The minimum absolute atomic E-state index is 0.0933. The fraction of sp³-hybridized carbons (Fsp3) is 0.500. The van der Waals surface area contributed by atoms with Gasteiger partial charge in [-0.15, -0.1) is 0 Å². The van der Waals surface area contributed by atoms with Gasteiger partial charge in [0.2, 0.25) is 11.7 Å². The lowest BCUT2D eigenvalue weighted by molar-refractivity contribution is -0.159. The number of rotatable bonds is 9. The Bertz CT molecular complexity index is 1190. The first-order chi connectivity index (χ1) is 20.2. The zero-order valence-electron chi connectivity index (χ0n) is 24.7. The number of hydrogen-bond acceptors (Lipinski definition) is 9. The third kappa shape index (κ3) is 8.19. The number of piperidine rings is 1. The van der Waals surface area contributed by atoms with Crippen molar-refractivity contribution in [2.24, 2.45) is 5.92 Å². The second-order valence-corrected chi connectivity index (χ2v) is 9.87. The van der Waals surface area contributed by atoms with Crippen LogP contribution >= 0.6 is 0 Å². The number of anilines is 1. The van der Waals surface area contributed by atoms with Crippen LogP contribution < -0.4 is 23.8 Å². The minimum Gasteiger partial charge on any atom is -0.493 e. The van der Waals surface area contributed by atoms with Gasteiger partial charge < -0.3 is 39.0 Å². The maximum atomic E-state index is 13.3. The number of benzene rings is 2. The molecule has 4 rings (SSSR count). The average molecular weight is 588 g/mol. The Morgan fingerprint density at radius 1 is 0.786 bits per heavy atom. The van der Waals surface area contributed by atoms with E-state index in [4.69, 9.17) is 38.7 Å². The smallest absolute Gasteiger partial charge is 0.414 e. The number of carbonyl (C=O) groups is 3. The molecule has 2 N–H and O–H groups in total. The Balaban J connectivity index is 0.000000730. The van der Waals surface area contributed by atoms with Gasteiger partial charge in [-0.3, -0.25) is 9.69 Å². The number of para-hydroxylation sites is 2. The molecule has 0 aliphatic carbocycles. The van der Waals surface area contributed by atoms with Crippen molar-refractivity contribution in [1.29, 1.82) is 0 Å². The van der Waals surface area contributed by atoms with Crippen molar-refractivity contribution in [3.63, 3.8) is 0 Å². The molecule has 0 bridgehead atoms. The van der Waals surface area contributed by atoms with Crippen LogP contribution in [0.2, 0.25) is 0 Å². The van der Waals surface area contributed by atoms with Gasteiger partial charge in [-0.05, 0) is 51.1 Å². The molecule has 2 aliphatic heterocycles. The van der Waals surface area contributed by atoms with Crippen LogP contribution in [-0.2, 0) is 20.9 Å². The summed E-state index contributed by atoms with van der Waals surface area (Å²) in [5.74, 6) is -0.358. The second-order valence-electron chi connectivity index (χ2n) is 9.87. The Labute approximate surface area is 246 Å². The van der Waals surface area contributed by atoms with Crippen molar-refractivity contribution < 1.29 is 43.5 Å². The minimum atomic E-state index is -1.82. The molecule has 0 aromatic heterocycles. The first kappa shape index (κ1) is 32.3. The number of likely N-dealkylation sites (tertiary alicyclic amines) is 1. The molecule has 2 aliphatic rings. The van der Waals surface area contributed by atoms with E-state index in [1.54, 1.807) is 21.3 Å². The third-order valence-corrected chi connectivity index (χ3v) is 7.40. The number of carboxylic acids is 2. The topological polar surface area (TPSA) is 138 Å². The Morgan fingerprint density at radius 3 is 1.95 bits per heavy atom. The van der Waals surface area contributed by atoms with Crippen LogP contribution in [0.15, 0.2) is 36.4 Å². The van der Waals surface area contributed by atoms with Gasteiger partial charge in [0.1, 0.15) is 5.75 Å². The van der Waals surface area contributed by atoms with E-state index < -0.39 is 11.9 Å². The number of carboxylic acid groups (broad SMARTS) is 2. The highest BCUT2D eigenvalue weighted by atomic mass is 16.5. The predicted molar refractivity (Wildman–Crippen MR) is 156 cm³/mol. The highest BCUT2D eigenvalue weighted by molar-refractivity contribution is 6.27. The number of hydrogen-bond donors (Lipinski definition) is 2. The van der Waals surface area contributed by atoms with Gasteiger partial charge in [-0.25, -0.2) is 9.59 Å². The number of amides is 1. The van der Waals surface area contributed by atoms with Crippen LogP contribution in [0.3, 0.4) is 0 Å². The molecule has 12 heteroatoms. The van der Waals surface area contributed by atoms with E-state index in [2.05, 4.69) is 20.8 Å². The molecule has 0 spiro atoms. The summed E-state index contributed by atoms with van der Waals surface area (Å²) in [5.41, 5.74) is 2.17.